The van der Waals surface area contributed by atoms with Crippen molar-refractivity contribution in [3.05, 3.63) is 61.7 Å². The van der Waals surface area contributed by atoms with Crippen molar-refractivity contribution in [3.8, 4) is 0 Å². The highest BCUT2D eigenvalue weighted by Crippen LogP contribution is 2.42. The number of esters is 1. The van der Waals surface area contributed by atoms with Crippen LogP contribution in [0, 0.1) is 23.5 Å². The number of aliphatic imine (C=N–C) groups is 1. The molecule has 1 aliphatic heterocycles. The minimum Gasteiger partial charge on any atom is -0.481 e. The molecule has 1 fully saturated rings. The Labute approximate surface area is 200 Å². The number of aromatic nitrogens is 1. The number of methoxy groups -OCH3 is 1. The number of rotatable bonds is 5. The fourth-order valence-corrected chi connectivity index (χ4v) is 5.40. The van der Waals surface area contributed by atoms with Crippen LogP contribution in [0.25, 0.3) is 0 Å². The molecule has 2 N–H and O–H groups in total. The molecule has 33 heavy (non-hydrogen) atoms. The highest BCUT2D eigenvalue weighted by molar-refractivity contribution is 9.10. The van der Waals surface area contributed by atoms with Crippen molar-refractivity contribution in [2.75, 3.05) is 7.11 Å². The highest BCUT2D eigenvalue weighted by Gasteiger charge is 2.38. The second-order valence-corrected chi connectivity index (χ2v) is 9.50. The molecule has 0 spiro atoms. The van der Waals surface area contributed by atoms with E-state index < -0.39 is 35.5 Å². The largest absolute Gasteiger partial charge is 0.481 e. The number of thiazole rings is 1. The molecule has 0 bridgehead atoms. The quantitative estimate of drug-likeness (QED) is 0.425. The minimum atomic E-state index is -1.08. The molecule has 1 aliphatic carbocycles. The number of halogens is 3. The molecule has 0 unspecified atom stereocenters. The van der Waals surface area contributed by atoms with Gasteiger partial charge in [-0.1, -0.05) is 6.07 Å². The van der Waals surface area contributed by atoms with E-state index in [1.54, 1.807) is 11.6 Å². The summed E-state index contributed by atoms with van der Waals surface area (Å²) in [6.07, 6.45) is 3.61. The summed E-state index contributed by atoms with van der Waals surface area (Å²) in [7, 11) is 1.24. The maximum atomic E-state index is 14.4. The number of nitrogens with zero attached hydrogens (tertiary/aromatic N) is 2. The molecule has 1 aromatic heterocycles. The number of carbonyl (C=O) groups is 2. The third kappa shape index (κ3) is 4.56. The van der Waals surface area contributed by atoms with Crippen LogP contribution in [-0.4, -0.2) is 35.0 Å². The Balaban J connectivity index is 1.85. The van der Waals surface area contributed by atoms with E-state index in [1.807, 2.05) is 0 Å². The molecule has 1 aromatic carbocycles. The lowest BCUT2D eigenvalue weighted by atomic mass is 9.78. The van der Waals surface area contributed by atoms with E-state index in [9.17, 15) is 23.5 Å². The van der Waals surface area contributed by atoms with E-state index in [1.165, 1.54) is 24.5 Å². The fourth-order valence-electron chi connectivity index (χ4n) is 4.28. The van der Waals surface area contributed by atoms with Crippen LogP contribution in [0.4, 0.5) is 8.78 Å². The molecule has 1 saturated carbocycles. The summed E-state index contributed by atoms with van der Waals surface area (Å²) >= 11 is 4.45. The second-order valence-electron chi connectivity index (χ2n) is 7.81. The van der Waals surface area contributed by atoms with Crippen LogP contribution >= 0.6 is 27.3 Å². The molecule has 0 radical (unpaired) electrons. The van der Waals surface area contributed by atoms with Crippen LogP contribution in [0.5, 0.6) is 0 Å². The smallest absolute Gasteiger partial charge is 0.338 e. The number of carboxylic acid groups (broad SMARTS) is 1. The zero-order valence-electron chi connectivity index (χ0n) is 17.5. The third-order valence-corrected chi connectivity index (χ3v) is 7.55. The molecule has 174 valence electrons. The maximum Gasteiger partial charge on any atom is 0.338 e. The number of nitrogens with one attached hydrogen (secondary N) is 1. The molecular weight excluding hydrogens is 520 g/mol. The first-order valence-corrected chi connectivity index (χ1v) is 11.9. The van der Waals surface area contributed by atoms with E-state index >= 15 is 0 Å². The third-order valence-electron chi connectivity index (χ3n) is 5.96. The van der Waals surface area contributed by atoms with Crippen LogP contribution < -0.4 is 5.32 Å². The van der Waals surface area contributed by atoms with Gasteiger partial charge in [-0.15, -0.1) is 11.3 Å². The lowest BCUT2D eigenvalue weighted by Crippen LogP contribution is -2.38. The van der Waals surface area contributed by atoms with Gasteiger partial charge in [0.15, 0.2) is 22.5 Å². The first kappa shape index (κ1) is 23.5. The van der Waals surface area contributed by atoms with Crippen molar-refractivity contribution >= 4 is 45.0 Å². The fraction of sp³-hybridized carbons (Fsp3) is 0.364. The zero-order chi connectivity index (χ0) is 23.7. The van der Waals surface area contributed by atoms with Gasteiger partial charge in [0.25, 0.3) is 0 Å². The summed E-state index contributed by atoms with van der Waals surface area (Å²) in [5.74, 6) is -3.79. The molecular formula is C22H20BrF2N3O4S. The van der Waals surface area contributed by atoms with Gasteiger partial charge < -0.3 is 15.2 Å². The lowest BCUT2D eigenvalue weighted by Gasteiger charge is -2.34. The molecule has 7 nitrogen and oxygen atoms in total. The molecule has 2 aromatic rings. The number of amidine groups is 1. The van der Waals surface area contributed by atoms with Gasteiger partial charge in [0, 0.05) is 17.3 Å². The van der Waals surface area contributed by atoms with Gasteiger partial charge >= 0.3 is 11.9 Å². The number of ether oxygens (including phenoxy) is 1. The van der Waals surface area contributed by atoms with E-state index in [-0.39, 0.29) is 21.5 Å². The Morgan fingerprint density at radius 2 is 1.97 bits per heavy atom. The molecule has 11 heteroatoms. The summed E-state index contributed by atoms with van der Waals surface area (Å²) in [6.45, 7) is 0. The standard InChI is InChI=1S/C22H20BrF2N3O4S/c1-32-22(31)14-17(10-2-4-11(5-3-10)21(29)30)27-19(20-26-8-9-33-20)28-18(14)12-6-7-13(24)16(25)15(12)23/h6-11,18H,2-5H2,1H3,(H,27,28)(H,29,30)/t10-,11-,18-/m1/s1. The van der Waals surface area contributed by atoms with Crippen LogP contribution in [0.15, 0.2) is 44.4 Å². The Morgan fingerprint density at radius 3 is 2.58 bits per heavy atom. The predicted molar refractivity (Wildman–Crippen MR) is 121 cm³/mol. The van der Waals surface area contributed by atoms with Gasteiger partial charge in [-0.3, -0.25) is 9.79 Å². The number of carboxylic acids is 1. The Bertz CT molecular complexity index is 1140. The number of aliphatic carboxylic acids is 1. The monoisotopic (exact) mass is 539 g/mol. The van der Waals surface area contributed by atoms with Gasteiger partial charge in [0.2, 0.25) is 0 Å². The van der Waals surface area contributed by atoms with Gasteiger partial charge in [-0.2, -0.15) is 0 Å². The van der Waals surface area contributed by atoms with Crippen molar-refractivity contribution < 1.29 is 28.2 Å². The summed E-state index contributed by atoms with van der Waals surface area (Å²) in [5, 5.41) is 14.9. The van der Waals surface area contributed by atoms with Crippen molar-refractivity contribution in [2.24, 2.45) is 16.8 Å². The van der Waals surface area contributed by atoms with Gasteiger partial charge in [-0.25, -0.2) is 18.6 Å². The number of carbonyl (C=O) groups excluding carboxylic acids is 1. The SMILES string of the molecule is COC(=O)C1=C([C@H]2CC[C@H](C(=O)O)CC2)NC(c2nccs2)=N[C@@H]1c1ccc(F)c(F)c1Br. The Hall–Kier alpha value is -2.66. The number of benzene rings is 1. The highest BCUT2D eigenvalue weighted by atomic mass is 79.9. The normalized spacial score (nSPS) is 23.0. The predicted octanol–water partition coefficient (Wildman–Crippen LogP) is 4.59. The van der Waals surface area contributed by atoms with Crippen LogP contribution in [-0.2, 0) is 14.3 Å². The van der Waals surface area contributed by atoms with Gasteiger partial charge in [0.05, 0.1) is 23.1 Å². The average molecular weight is 540 g/mol. The van der Waals surface area contributed by atoms with Gasteiger partial charge in [-0.05, 0) is 59.2 Å². The van der Waals surface area contributed by atoms with Crippen molar-refractivity contribution in [1.82, 2.24) is 10.3 Å². The van der Waals surface area contributed by atoms with Crippen LogP contribution in [0.1, 0.15) is 42.3 Å². The zero-order valence-corrected chi connectivity index (χ0v) is 19.9. The van der Waals surface area contributed by atoms with Crippen LogP contribution in [0.2, 0.25) is 0 Å². The Morgan fingerprint density at radius 1 is 1.24 bits per heavy atom. The summed E-state index contributed by atoms with van der Waals surface area (Å²) in [4.78, 5) is 33.3. The van der Waals surface area contributed by atoms with Gasteiger partial charge in [0.1, 0.15) is 6.04 Å². The van der Waals surface area contributed by atoms with Crippen molar-refractivity contribution in [2.45, 2.75) is 31.7 Å². The van der Waals surface area contributed by atoms with E-state index in [4.69, 9.17) is 4.74 Å². The van der Waals surface area contributed by atoms with Crippen molar-refractivity contribution in [3.63, 3.8) is 0 Å². The number of hydrogen-bond donors (Lipinski definition) is 2. The molecule has 1 atom stereocenters. The number of hydrogen-bond acceptors (Lipinski definition) is 7. The lowest BCUT2D eigenvalue weighted by molar-refractivity contribution is -0.143. The average Bonchev–Trinajstić information content (AvgIpc) is 3.36. The summed E-state index contributed by atoms with van der Waals surface area (Å²) in [6, 6.07) is 1.39. The Kier molecular flexibility index (Phi) is 6.89. The summed E-state index contributed by atoms with van der Waals surface area (Å²) in [5.41, 5.74) is 0.998. The minimum absolute atomic E-state index is 0.132. The van der Waals surface area contributed by atoms with Crippen molar-refractivity contribution in [1.29, 1.82) is 0 Å². The molecule has 0 amide bonds. The molecule has 4 rings (SSSR count). The number of allylic oxidation sites excluding steroid dienone is 1. The first-order valence-electron chi connectivity index (χ1n) is 10.2. The van der Waals surface area contributed by atoms with E-state index in [0.717, 1.165) is 6.07 Å². The summed E-state index contributed by atoms with van der Waals surface area (Å²) < 4.78 is 33.1. The maximum absolute atomic E-state index is 14.4. The van der Waals surface area contributed by atoms with E-state index in [0.29, 0.717) is 42.2 Å². The second kappa shape index (κ2) is 9.68. The molecule has 2 aliphatic rings. The van der Waals surface area contributed by atoms with Crippen LogP contribution in [0.3, 0.4) is 0 Å². The topological polar surface area (TPSA) is 101 Å². The van der Waals surface area contributed by atoms with E-state index in [2.05, 4.69) is 31.2 Å². The first-order chi connectivity index (χ1) is 15.8. The molecule has 0 saturated heterocycles. The molecule has 2 heterocycles.